The molecule has 0 aromatic heterocycles. The van der Waals surface area contributed by atoms with Crippen LogP contribution in [0.3, 0.4) is 0 Å². The predicted molar refractivity (Wildman–Crippen MR) is 121 cm³/mol. The van der Waals surface area contributed by atoms with Crippen molar-refractivity contribution in [2.45, 2.75) is 97.0 Å². The Balaban J connectivity index is 2.43. The zero-order chi connectivity index (χ0) is 20.7. The average molecular weight is 392 g/mol. The first kappa shape index (κ1) is 25.0. The highest BCUT2D eigenvalue weighted by molar-refractivity contribution is 5.27. The molecule has 0 aliphatic rings. The standard InChI is InChI=1S/C25H45NO2/c1-5-8-10-18-25(27,19-11-9-6-2)20-22-26(7-3)21-12-13-23-14-16-24(28-4)17-15-23/h14-17,27H,5-13,18-22H2,1-4H3. The van der Waals surface area contributed by atoms with E-state index in [1.54, 1.807) is 7.11 Å². The van der Waals surface area contributed by atoms with Gasteiger partial charge in [-0.15, -0.1) is 0 Å². The van der Waals surface area contributed by atoms with Crippen LogP contribution in [0.25, 0.3) is 0 Å². The molecule has 0 saturated carbocycles. The largest absolute Gasteiger partial charge is 0.497 e. The van der Waals surface area contributed by atoms with Crippen molar-refractivity contribution in [3.8, 4) is 5.75 Å². The maximum atomic E-state index is 11.2. The minimum atomic E-state index is -0.465. The van der Waals surface area contributed by atoms with Gasteiger partial charge in [0, 0.05) is 6.54 Å². The molecular formula is C25H45NO2. The van der Waals surface area contributed by atoms with E-state index in [-0.39, 0.29) is 0 Å². The number of aryl methyl sites for hydroxylation is 1. The second kappa shape index (κ2) is 14.9. The topological polar surface area (TPSA) is 32.7 Å². The molecule has 0 fully saturated rings. The van der Waals surface area contributed by atoms with Crippen molar-refractivity contribution in [2.24, 2.45) is 0 Å². The van der Waals surface area contributed by atoms with Crippen molar-refractivity contribution in [3.05, 3.63) is 29.8 Å². The third kappa shape index (κ3) is 10.5. The maximum absolute atomic E-state index is 11.2. The Morgan fingerprint density at radius 1 is 0.821 bits per heavy atom. The Morgan fingerprint density at radius 2 is 1.43 bits per heavy atom. The quantitative estimate of drug-likeness (QED) is 0.319. The third-order valence-electron chi connectivity index (χ3n) is 5.93. The van der Waals surface area contributed by atoms with Gasteiger partial charge in [0.1, 0.15) is 5.75 Å². The summed E-state index contributed by atoms with van der Waals surface area (Å²) in [6.07, 6.45) is 12.3. The van der Waals surface area contributed by atoms with Gasteiger partial charge in [-0.3, -0.25) is 0 Å². The molecule has 0 spiro atoms. The summed E-state index contributed by atoms with van der Waals surface area (Å²) in [5.41, 5.74) is 0.904. The van der Waals surface area contributed by atoms with E-state index >= 15 is 0 Å². The zero-order valence-corrected chi connectivity index (χ0v) is 19.0. The highest BCUT2D eigenvalue weighted by atomic mass is 16.5. The van der Waals surface area contributed by atoms with Crippen molar-refractivity contribution >= 4 is 0 Å². The monoisotopic (exact) mass is 391 g/mol. The normalized spacial score (nSPS) is 11.9. The van der Waals surface area contributed by atoms with E-state index in [9.17, 15) is 5.11 Å². The smallest absolute Gasteiger partial charge is 0.118 e. The van der Waals surface area contributed by atoms with Gasteiger partial charge in [-0.2, -0.15) is 0 Å². The van der Waals surface area contributed by atoms with Gasteiger partial charge in [0.25, 0.3) is 0 Å². The number of hydrogen-bond acceptors (Lipinski definition) is 3. The molecule has 162 valence electrons. The van der Waals surface area contributed by atoms with E-state index in [0.29, 0.717) is 0 Å². The molecular weight excluding hydrogens is 346 g/mol. The number of benzene rings is 1. The summed E-state index contributed by atoms with van der Waals surface area (Å²) in [6, 6.07) is 8.41. The number of hydrogen-bond donors (Lipinski definition) is 1. The van der Waals surface area contributed by atoms with Crippen LogP contribution in [0.4, 0.5) is 0 Å². The predicted octanol–water partition coefficient (Wildman–Crippen LogP) is 6.23. The molecule has 0 aliphatic carbocycles. The van der Waals surface area contributed by atoms with Crippen molar-refractivity contribution in [1.82, 2.24) is 4.90 Å². The van der Waals surface area contributed by atoms with E-state index < -0.39 is 5.60 Å². The van der Waals surface area contributed by atoms with Gasteiger partial charge in [-0.05, 0) is 62.9 Å². The molecule has 1 aromatic carbocycles. The number of nitrogens with zero attached hydrogens (tertiary/aromatic N) is 1. The molecule has 1 aromatic rings. The molecule has 0 aliphatic heterocycles. The zero-order valence-electron chi connectivity index (χ0n) is 19.0. The Morgan fingerprint density at radius 3 is 1.93 bits per heavy atom. The Kier molecular flexibility index (Phi) is 13.3. The highest BCUT2D eigenvalue weighted by Gasteiger charge is 2.26. The lowest BCUT2D eigenvalue weighted by molar-refractivity contribution is 0.00125. The Labute approximate surface area is 174 Å². The van der Waals surface area contributed by atoms with Gasteiger partial charge in [0.05, 0.1) is 12.7 Å². The molecule has 0 atom stereocenters. The van der Waals surface area contributed by atoms with E-state index in [0.717, 1.165) is 70.3 Å². The molecule has 0 amide bonds. The first-order valence-corrected chi connectivity index (χ1v) is 11.6. The minimum Gasteiger partial charge on any atom is -0.497 e. The van der Waals surface area contributed by atoms with Crippen LogP contribution in [0.15, 0.2) is 24.3 Å². The number of unbranched alkanes of at least 4 members (excludes halogenated alkanes) is 4. The number of methoxy groups -OCH3 is 1. The van der Waals surface area contributed by atoms with E-state index in [4.69, 9.17) is 4.74 Å². The molecule has 1 N–H and O–H groups in total. The molecule has 0 saturated heterocycles. The molecule has 0 heterocycles. The first-order valence-electron chi connectivity index (χ1n) is 11.6. The van der Waals surface area contributed by atoms with Gasteiger partial charge in [-0.25, -0.2) is 0 Å². The summed E-state index contributed by atoms with van der Waals surface area (Å²) >= 11 is 0. The van der Waals surface area contributed by atoms with Gasteiger partial charge in [0.15, 0.2) is 0 Å². The van der Waals surface area contributed by atoms with Gasteiger partial charge in [-0.1, -0.05) is 71.4 Å². The SMILES string of the molecule is CCCCCC(O)(CCCCC)CCN(CC)CCCc1ccc(OC)cc1. The third-order valence-corrected chi connectivity index (χ3v) is 5.93. The average Bonchev–Trinajstić information content (AvgIpc) is 2.71. The summed E-state index contributed by atoms with van der Waals surface area (Å²) < 4.78 is 5.23. The van der Waals surface area contributed by atoms with Crippen molar-refractivity contribution in [3.63, 3.8) is 0 Å². The van der Waals surface area contributed by atoms with Crippen molar-refractivity contribution in [2.75, 3.05) is 26.7 Å². The van der Waals surface area contributed by atoms with E-state index in [1.807, 2.05) is 12.1 Å². The fraction of sp³-hybridized carbons (Fsp3) is 0.760. The minimum absolute atomic E-state index is 0.465. The molecule has 28 heavy (non-hydrogen) atoms. The Hall–Kier alpha value is -1.06. The lowest BCUT2D eigenvalue weighted by Crippen LogP contribution is -2.36. The summed E-state index contributed by atoms with van der Waals surface area (Å²) in [5, 5.41) is 11.2. The maximum Gasteiger partial charge on any atom is 0.118 e. The molecule has 0 unspecified atom stereocenters. The van der Waals surface area contributed by atoms with Crippen LogP contribution in [0.1, 0.15) is 90.5 Å². The Bertz CT molecular complexity index is 476. The molecule has 0 radical (unpaired) electrons. The van der Waals surface area contributed by atoms with Crippen LogP contribution in [0.2, 0.25) is 0 Å². The number of aliphatic hydroxyl groups is 1. The second-order valence-corrected chi connectivity index (χ2v) is 8.27. The second-order valence-electron chi connectivity index (χ2n) is 8.27. The van der Waals surface area contributed by atoms with E-state index in [2.05, 4.69) is 37.8 Å². The van der Waals surface area contributed by atoms with Crippen LogP contribution in [0, 0.1) is 0 Å². The van der Waals surface area contributed by atoms with Gasteiger partial charge >= 0.3 is 0 Å². The number of rotatable bonds is 17. The van der Waals surface area contributed by atoms with Crippen LogP contribution >= 0.6 is 0 Å². The fourth-order valence-corrected chi connectivity index (χ4v) is 3.88. The van der Waals surface area contributed by atoms with Crippen molar-refractivity contribution < 1.29 is 9.84 Å². The van der Waals surface area contributed by atoms with Crippen molar-refractivity contribution in [1.29, 1.82) is 0 Å². The molecule has 3 heteroatoms. The summed E-state index contributed by atoms with van der Waals surface area (Å²) in [6.45, 7) is 9.87. The summed E-state index contributed by atoms with van der Waals surface area (Å²) in [4.78, 5) is 2.51. The molecule has 1 rings (SSSR count). The van der Waals surface area contributed by atoms with Gasteiger partial charge in [0.2, 0.25) is 0 Å². The van der Waals surface area contributed by atoms with Crippen LogP contribution in [0.5, 0.6) is 5.75 Å². The van der Waals surface area contributed by atoms with Gasteiger partial charge < -0.3 is 14.7 Å². The summed E-state index contributed by atoms with van der Waals surface area (Å²) in [7, 11) is 1.71. The number of ether oxygens (including phenoxy) is 1. The lowest BCUT2D eigenvalue weighted by Gasteiger charge is -2.31. The van der Waals surface area contributed by atoms with E-state index in [1.165, 1.54) is 31.2 Å². The van der Waals surface area contributed by atoms with Crippen LogP contribution in [-0.2, 0) is 6.42 Å². The first-order chi connectivity index (χ1) is 13.6. The highest BCUT2D eigenvalue weighted by Crippen LogP contribution is 2.26. The fourth-order valence-electron chi connectivity index (χ4n) is 3.88. The molecule has 0 bridgehead atoms. The summed E-state index contributed by atoms with van der Waals surface area (Å²) in [5.74, 6) is 0.921. The lowest BCUT2D eigenvalue weighted by atomic mass is 9.87. The molecule has 3 nitrogen and oxygen atoms in total. The van der Waals surface area contributed by atoms with Crippen LogP contribution < -0.4 is 4.74 Å². The van der Waals surface area contributed by atoms with Crippen LogP contribution in [-0.4, -0.2) is 42.4 Å².